The van der Waals surface area contributed by atoms with Crippen LogP contribution in [0.5, 0.6) is 11.5 Å². The van der Waals surface area contributed by atoms with E-state index in [1.54, 1.807) is 44.4 Å². The number of hydrogen-bond acceptors (Lipinski definition) is 5. The topological polar surface area (TPSA) is 77.0 Å². The summed E-state index contributed by atoms with van der Waals surface area (Å²) in [5, 5.41) is 4.41. The van der Waals surface area contributed by atoms with E-state index in [2.05, 4.69) is 9.93 Å². The van der Waals surface area contributed by atoms with Crippen LogP contribution in [0.4, 0.5) is 0 Å². The number of methoxy groups -OCH3 is 1. The van der Waals surface area contributed by atoms with Crippen molar-refractivity contribution in [1.82, 2.24) is 4.83 Å². The predicted molar refractivity (Wildman–Crippen MR) is 122 cm³/mol. The zero-order valence-corrected chi connectivity index (χ0v) is 19.0. The second kappa shape index (κ2) is 9.85. The lowest BCUT2D eigenvalue weighted by atomic mass is 10.1. The van der Waals surface area contributed by atoms with Crippen LogP contribution in [0.15, 0.2) is 76.7 Å². The number of nitrogens with one attached hydrogen (secondary N) is 1. The number of benzene rings is 3. The van der Waals surface area contributed by atoms with Gasteiger partial charge in [-0.2, -0.15) is 18.4 Å². The Morgan fingerprint density at radius 2 is 1.65 bits per heavy atom. The second-order valence-electron chi connectivity index (χ2n) is 6.88. The van der Waals surface area contributed by atoms with Gasteiger partial charge >= 0.3 is 0 Å². The summed E-state index contributed by atoms with van der Waals surface area (Å²) in [6.45, 7) is 3.94. The van der Waals surface area contributed by atoms with Gasteiger partial charge in [-0.1, -0.05) is 41.4 Å². The summed E-state index contributed by atoms with van der Waals surface area (Å²) in [6.07, 6.45) is 0. The fourth-order valence-electron chi connectivity index (χ4n) is 2.73. The summed E-state index contributed by atoms with van der Waals surface area (Å²) in [5.41, 5.74) is 3.00. The molecule has 0 aliphatic heterocycles. The number of hydrogen-bond donors (Lipinski definition) is 1. The van der Waals surface area contributed by atoms with E-state index >= 15 is 0 Å². The highest BCUT2D eigenvalue weighted by Crippen LogP contribution is 2.24. The highest BCUT2D eigenvalue weighted by molar-refractivity contribution is 7.89. The number of nitrogens with zero attached hydrogens (tertiary/aromatic N) is 1. The molecule has 3 aromatic carbocycles. The van der Waals surface area contributed by atoms with Gasteiger partial charge < -0.3 is 9.47 Å². The van der Waals surface area contributed by atoms with Gasteiger partial charge in [0.2, 0.25) is 0 Å². The summed E-state index contributed by atoms with van der Waals surface area (Å²) in [7, 11) is -2.14. The van der Waals surface area contributed by atoms with Crippen molar-refractivity contribution in [2.24, 2.45) is 5.10 Å². The Kier molecular flexibility index (Phi) is 7.20. The van der Waals surface area contributed by atoms with Crippen LogP contribution in [0.1, 0.15) is 23.6 Å². The average Bonchev–Trinajstić information content (AvgIpc) is 2.77. The molecule has 31 heavy (non-hydrogen) atoms. The van der Waals surface area contributed by atoms with Crippen LogP contribution in [0.3, 0.4) is 0 Å². The molecule has 6 nitrogen and oxygen atoms in total. The number of ether oxygens (including phenoxy) is 2. The van der Waals surface area contributed by atoms with E-state index in [1.165, 1.54) is 12.1 Å². The molecule has 0 radical (unpaired) electrons. The molecule has 0 fully saturated rings. The second-order valence-corrected chi connectivity index (χ2v) is 8.95. The zero-order valence-electron chi connectivity index (χ0n) is 17.4. The van der Waals surface area contributed by atoms with Crippen LogP contribution >= 0.6 is 11.6 Å². The Labute approximate surface area is 187 Å². The molecule has 0 heterocycles. The molecule has 0 aliphatic rings. The summed E-state index contributed by atoms with van der Waals surface area (Å²) in [6, 6.07) is 19.3. The van der Waals surface area contributed by atoms with Gasteiger partial charge in [-0.25, -0.2) is 0 Å². The van der Waals surface area contributed by atoms with E-state index in [4.69, 9.17) is 21.1 Å². The molecule has 0 atom stereocenters. The predicted octanol–water partition coefficient (Wildman–Crippen LogP) is 4.94. The fraction of sp³-hybridized carbons (Fsp3) is 0.174. The maximum atomic E-state index is 12.4. The molecule has 0 unspecified atom stereocenters. The van der Waals surface area contributed by atoms with E-state index in [0.29, 0.717) is 28.7 Å². The molecule has 162 valence electrons. The average molecular weight is 459 g/mol. The molecule has 0 spiro atoms. The van der Waals surface area contributed by atoms with Crippen molar-refractivity contribution in [2.45, 2.75) is 25.3 Å². The highest BCUT2D eigenvalue weighted by atomic mass is 35.5. The Hall–Kier alpha value is -3.03. The Morgan fingerprint density at radius 1 is 1.00 bits per heavy atom. The van der Waals surface area contributed by atoms with Crippen molar-refractivity contribution >= 4 is 27.3 Å². The lowest BCUT2D eigenvalue weighted by Crippen LogP contribution is -2.20. The molecule has 3 rings (SSSR count). The molecule has 0 bridgehead atoms. The number of sulfonamides is 1. The molecule has 0 amide bonds. The third kappa shape index (κ3) is 5.99. The van der Waals surface area contributed by atoms with Crippen LogP contribution in [-0.4, -0.2) is 21.2 Å². The quantitative estimate of drug-likeness (QED) is 0.383. The molecule has 0 aromatic heterocycles. The first-order valence-corrected chi connectivity index (χ1v) is 11.3. The minimum Gasteiger partial charge on any atom is -0.497 e. The smallest absolute Gasteiger partial charge is 0.276 e. The first-order valence-electron chi connectivity index (χ1n) is 9.47. The normalized spacial score (nSPS) is 11.8. The van der Waals surface area contributed by atoms with Crippen molar-refractivity contribution in [3.8, 4) is 11.5 Å². The summed E-state index contributed by atoms with van der Waals surface area (Å²) < 4.78 is 35.7. The van der Waals surface area contributed by atoms with Gasteiger partial charge in [0, 0.05) is 5.56 Å². The maximum Gasteiger partial charge on any atom is 0.276 e. The standard InChI is InChI=1S/C23H23ClN2O4S/c1-16-4-11-21(12-5-16)31(27,28)26-25-17(2)22-13-10-20(14-23(22)24)30-15-18-6-8-19(29-3)9-7-18/h4-14,26H,15H2,1-3H3. The van der Waals surface area contributed by atoms with Crippen LogP contribution in [0, 0.1) is 6.92 Å². The third-order valence-corrected chi connectivity index (χ3v) is 6.10. The number of hydrazone groups is 1. The molecule has 0 saturated carbocycles. The largest absolute Gasteiger partial charge is 0.497 e. The van der Waals surface area contributed by atoms with Gasteiger partial charge in [-0.05, 0) is 61.9 Å². The van der Waals surface area contributed by atoms with E-state index in [-0.39, 0.29) is 4.90 Å². The van der Waals surface area contributed by atoms with Crippen molar-refractivity contribution in [1.29, 1.82) is 0 Å². The van der Waals surface area contributed by atoms with Gasteiger partial charge in [0.25, 0.3) is 10.0 Å². The Bertz CT molecular complexity index is 1180. The fourth-order valence-corrected chi connectivity index (χ4v) is 3.89. The molecule has 8 heteroatoms. The maximum absolute atomic E-state index is 12.4. The van der Waals surface area contributed by atoms with Gasteiger partial charge in [0.05, 0.1) is 22.7 Å². The van der Waals surface area contributed by atoms with Crippen LogP contribution in [0.25, 0.3) is 0 Å². The first-order chi connectivity index (χ1) is 14.8. The van der Waals surface area contributed by atoms with Crippen molar-refractivity contribution < 1.29 is 17.9 Å². The minimum atomic E-state index is -3.76. The monoisotopic (exact) mass is 458 g/mol. The van der Waals surface area contributed by atoms with Crippen LogP contribution < -0.4 is 14.3 Å². The van der Waals surface area contributed by atoms with Gasteiger partial charge in [-0.3, -0.25) is 0 Å². The summed E-state index contributed by atoms with van der Waals surface area (Å²) in [4.78, 5) is 2.39. The van der Waals surface area contributed by atoms with Crippen molar-refractivity contribution in [2.75, 3.05) is 7.11 Å². The Morgan fingerprint density at radius 3 is 2.26 bits per heavy atom. The number of aryl methyl sites for hydroxylation is 1. The number of halogens is 1. The van der Waals surface area contributed by atoms with E-state index < -0.39 is 10.0 Å². The van der Waals surface area contributed by atoms with Crippen LogP contribution in [0.2, 0.25) is 5.02 Å². The van der Waals surface area contributed by atoms with E-state index in [0.717, 1.165) is 16.9 Å². The lowest BCUT2D eigenvalue weighted by Gasteiger charge is -2.10. The van der Waals surface area contributed by atoms with E-state index in [9.17, 15) is 8.42 Å². The van der Waals surface area contributed by atoms with Gasteiger partial charge in [-0.15, -0.1) is 0 Å². The highest BCUT2D eigenvalue weighted by Gasteiger charge is 2.13. The SMILES string of the molecule is COc1ccc(COc2ccc(C(C)=NNS(=O)(=O)c3ccc(C)cc3)c(Cl)c2)cc1. The minimum absolute atomic E-state index is 0.142. The molecule has 0 saturated heterocycles. The lowest BCUT2D eigenvalue weighted by molar-refractivity contribution is 0.306. The summed E-state index contributed by atoms with van der Waals surface area (Å²) >= 11 is 6.38. The van der Waals surface area contributed by atoms with Crippen molar-refractivity contribution in [3.05, 3.63) is 88.4 Å². The van der Waals surface area contributed by atoms with Crippen molar-refractivity contribution in [3.63, 3.8) is 0 Å². The number of rotatable bonds is 8. The summed E-state index contributed by atoms with van der Waals surface area (Å²) in [5.74, 6) is 1.38. The van der Waals surface area contributed by atoms with Gasteiger partial charge in [0.15, 0.2) is 0 Å². The molecule has 3 aromatic rings. The third-order valence-electron chi connectivity index (χ3n) is 4.56. The zero-order chi connectivity index (χ0) is 22.4. The van der Waals surface area contributed by atoms with Crippen LogP contribution in [-0.2, 0) is 16.6 Å². The molecular formula is C23H23ClN2O4S. The molecular weight excluding hydrogens is 436 g/mol. The Balaban J connectivity index is 1.67. The van der Waals surface area contributed by atoms with E-state index in [1.807, 2.05) is 31.2 Å². The molecule has 1 N–H and O–H groups in total. The first kappa shape index (κ1) is 22.7. The van der Waals surface area contributed by atoms with Gasteiger partial charge in [0.1, 0.15) is 18.1 Å². The molecule has 0 aliphatic carbocycles.